The molecule has 1 aromatic heterocycles. The number of nitrogens with zero attached hydrogens (tertiary/aromatic N) is 1. The monoisotopic (exact) mass is 299 g/mol. The number of pyridine rings is 1. The van der Waals surface area contributed by atoms with E-state index in [4.69, 9.17) is 0 Å². The van der Waals surface area contributed by atoms with Crippen molar-refractivity contribution in [1.29, 1.82) is 0 Å². The third kappa shape index (κ3) is 4.39. The third-order valence-electron chi connectivity index (χ3n) is 3.03. The fourth-order valence-electron chi connectivity index (χ4n) is 1.97. The summed E-state index contributed by atoms with van der Waals surface area (Å²) in [5, 5.41) is 2.70. The molecule has 6 heteroatoms. The maximum Gasteiger partial charge on any atom is 0.266 e. The second-order valence-electron chi connectivity index (χ2n) is 4.63. The van der Waals surface area contributed by atoms with Gasteiger partial charge in [-0.15, -0.1) is 0 Å². The van der Waals surface area contributed by atoms with Crippen molar-refractivity contribution in [2.45, 2.75) is 12.5 Å². The van der Waals surface area contributed by atoms with Gasteiger partial charge in [-0.1, -0.05) is 30.3 Å². The van der Waals surface area contributed by atoms with Crippen LogP contribution in [0.1, 0.15) is 15.9 Å². The molecule has 1 atom stereocenters. The first-order valence-electron chi connectivity index (χ1n) is 6.78. The number of amides is 2. The average Bonchev–Trinajstić information content (AvgIpc) is 2.56. The van der Waals surface area contributed by atoms with Crippen molar-refractivity contribution < 1.29 is 14.4 Å². The van der Waals surface area contributed by atoms with Crippen molar-refractivity contribution in [3.63, 3.8) is 0 Å². The van der Waals surface area contributed by atoms with Crippen LogP contribution < -0.4 is 10.8 Å². The van der Waals surface area contributed by atoms with Gasteiger partial charge in [0.15, 0.2) is 0 Å². The summed E-state index contributed by atoms with van der Waals surface area (Å²) in [5.41, 5.74) is 3.58. The molecule has 0 unspecified atom stereocenters. The Balaban J connectivity index is 2.11. The highest BCUT2D eigenvalue weighted by molar-refractivity contribution is 5.97. The van der Waals surface area contributed by atoms with Crippen molar-refractivity contribution in [2.24, 2.45) is 0 Å². The molecule has 2 aromatic rings. The lowest BCUT2D eigenvalue weighted by atomic mass is 10.1. The number of rotatable bonds is 6. The normalized spacial score (nSPS) is 11.5. The number of hydroxylamine groups is 1. The summed E-state index contributed by atoms with van der Waals surface area (Å²) in [6, 6.07) is 12.0. The molecule has 6 nitrogen and oxygen atoms in total. The van der Waals surface area contributed by atoms with Gasteiger partial charge in [-0.05, 0) is 17.7 Å². The highest BCUT2D eigenvalue weighted by atomic mass is 16.6. The number of nitrogens with one attached hydrogen (secondary N) is 2. The van der Waals surface area contributed by atoms with E-state index in [0.717, 1.165) is 5.56 Å². The summed E-state index contributed by atoms with van der Waals surface area (Å²) in [7, 11) is 1.35. The van der Waals surface area contributed by atoms with Crippen molar-refractivity contribution in [1.82, 2.24) is 15.8 Å². The van der Waals surface area contributed by atoms with Crippen molar-refractivity contribution in [3.05, 3.63) is 66.0 Å². The Hall–Kier alpha value is -2.73. The van der Waals surface area contributed by atoms with Crippen molar-refractivity contribution in [2.75, 3.05) is 7.11 Å². The number of carbonyl (C=O) groups excluding carboxylic acids is 2. The van der Waals surface area contributed by atoms with Crippen molar-refractivity contribution in [3.8, 4) is 0 Å². The molecule has 0 aliphatic carbocycles. The number of hydrogen-bond acceptors (Lipinski definition) is 4. The first kappa shape index (κ1) is 15.7. The van der Waals surface area contributed by atoms with Gasteiger partial charge >= 0.3 is 0 Å². The Morgan fingerprint density at radius 3 is 2.59 bits per heavy atom. The topological polar surface area (TPSA) is 80.3 Å². The van der Waals surface area contributed by atoms with Gasteiger partial charge in [-0.2, -0.15) is 0 Å². The largest absolute Gasteiger partial charge is 0.340 e. The molecule has 2 rings (SSSR count). The van der Waals surface area contributed by atoms with Crippen LogP contribution in [0.25, 0.3) is 0 Å². The van der Waals surface area contributed by atoms with Gasteiger partial charge in [-0.3, -0.25) is 19.4 Å². The van der Waals surface area contributed by atoms with Crippen LogP contribution in [0.3, 0.4) is 0 Å². The molecule has 0 spiro atoms. The molecule has 1 heterocycles. The van der Waals surface area contributed by atoms with E-state index in [1.165, 1.54) is 13.3 Å². The molecule has 0 aliphatic rings. The second-order valence-corrected chi connectivity index (χ2v) is 4.63. The zero-order valence-electron chi connectivity index (χ0n) is 12.2. The Morgan fingerprint density at radius 2 is 1.95 bits per heavy atom. The molecule has 2 N–H and O–H groups in total. The molecule has 22 heavy (non-hydrogen) atoms. The molecule has 0 saturated carbocycles. The molecule has 0 bridgehead atoms. The lowest BCUT2D eigenvalue weighted by Crippen LogP contribution is -2.47. The van der Waals surface area contributed by atoms with Crippen LogP contribution in [0.5, 0.6) is 0 Å². The smallest absolute Gasteiger partial charge is 0.266 e. The number of aromatic nitrogens is 1. The minimum Gasteiger partial charge on any atom is -0.340 e. The van der Waals surface area contributed by atoms with Crippen LogP contribution in [0.2, 0.25) is 0 Å². The summed E-state index contributed by atoms with van der Waals surface area (Å²) >= 11 is 0. The van der Waals surface area contributed by atoms with Crippen LogP contribution in [-0.4, -0.2) is 29.9 Å². The molecule has 0 aliphatic heterocycles. The summed E-state index contributed by atoms with van der Waals surface area (Å²) < 4.78 is 0. The molecule has 2 amide bonds. The highest BCUT2D eigenvalue weighted by Crippen LogP contribution is 2.05. The molecule has 0 radical (unpaired) electrons. The molecule has 0 fully saturated rings. The zero-order chi connectivity index (χ0) is 15.8. The average molecular weight is 299 g/mol. The van der Waals surface area contributed by atoms with Crippen LogP contribution >= 0.6 is 0 Å². The zero-order valence-corrected chi connectivity index (χ0v) is 12.2. The molecule has 1 aromatic carbocycles. The predicted octanol–water partition coefficient (Wildman–Crippen LogP) is 1.10. The van der Waals surface area contributed by atoms with E-state index < -0.39 is 11.9 Å². The first-order chi connectivity index (χ1) is 10.7. The maximum atomic E-state index is 12.2. The van der Waals surface area contributed by atoms with E-state index >= 15 is 0 Å². The summed E-state index contributed by atoms with van der Waals surface area (Å²) in [4.78, 5) is 32.8. The van der Waals surface area contributed by atoms with Gasteiger partial charge in [0.25, 0.3) is 11.8 Å². The lowest BCUT2D eigenvalue weighted by Gasteiger charge is -2.17. The Labute approximate surface area is 128 Å². The summed E-state index contributed by atoms with van der Waals surface area (Å²) in [6.45, 7) is 0. The summed E-state index contributed by atoms with van der Waals surface area (Å²) in [5.74, 6) is -0.774. The fourth-order valence-corrected chi connectivity index (χ4v) is 1.97. The minimum atomic E-state index is -0.741. The van der Waals surface area contributed by atoms with E-state index in [0.29, 0.717) is 12.0 Å². The van der Waals surface area contributed by atoms with E-state index in [1.54, 1.807) is 18.3 Å². The molecular weight excluding hydrogens is 282 g/mol. The van der Waals surface area contributed by atoms with Gasteiger partial charge in [-0.25, -0.2) is 5.48 Å². The van der Waals surface area contributed by atoms with E-state index in [1.807, 2.05) is 30.3 Å². The second kappa shape index (κ2) is 7.90. The van der Waals surface area contributed by atoms with Gasteiger partial charge in [0.05, 0.1) is 12.7 Å². The fraction of sp³-hybridized carbons (Fsp3) is 0.188. The summed E-state index contributed by atoms with van der Waals surface area (Å²) in [6.07, 6.45) is 3.39. The van der Waals surface area contributed by atoms with Gasteiger partial charge in [0.2, 0.25) is 0 Å². The Bertz CT molecular complexity index is 617. The standard InChI is InChI=1S/C16H17N3O3/c1-22-19-16(21)14(10-12-6-3-2-4-7-12)18-15(20)13-8-5-9-17-11-13/h2-9,11,14H,10H2,1H3,(H,18,20)(H,19,21)/t14-/m1/s1. The predicted molar refractivity (Wildman–Crippen MR) is 80.8 cm³/mol. The quantitative estimate of drug-likeness (QED) is 0.783. The van der Waals surface area contributed by atoms with E-state index in [9.17, 15) is 9.59 Å². The maximum absolute atomic E-state index is 12.2. The van der Waals surface area contributed by atoms with Gasteiger partial charge in [0, 0.05) is 18.8 Å². The van der Waals surface area contributed by atoms with Crippen molar-refractivity contribution >= 4 is 11.8 Å². The molecule has 0 saturated heterocycles. The number of benzene rings is 1. The Morgan fingerprint density at radius 1 is 1.18 bits per heavy atom. The van der Waals surface area contributed by atoms with Gasteiger partial charge in [0.1, 0.15) is 6.04 Å². The lowest BCUT2D eigenvalue weighted by molar-refractivity contribution is -0.133. The van der Waals surface area contributed by atoms with Crippen LogP contribution in [0.4, 0.5) is 0 Å². The molecular formula is C16H17N3O3. The first-order valence-corrected chi connectivity index (χ1v) is 6.78. The van der Waals surface area contributed by atoms with Crippen LogP contribution in [0, 0.1) is 0 Å². The molecule has 114 valence electrons. The van der Waals surface area contributed by atoms with Crippen LogP contribution in [0.15, 0.2) is 54.9 Å². The number of carbonyl (C=O) groups is 2. The minimum absolute atomic E-state index is 0.361. The number of hydrogen-bond donors (Lipinski definition) is 2. The third-order valence-corrected chi connectivity index (χ3v) is 3.03. The SMILES string of the molecule is CONC(=O)[C@@H](Cc1ccccc1)NC(=O)c1cccnc1. The van der Waals surface area contributed by atoms with E-state index in [2.05, 4.69) is 20.6 Å². The Kier molecular flexibility index (Phi) is 5.62. The van der Waals surface area contributed by atoms with Gasteiger partial charge < -0.3 is 5.32 Å². The highest BCUT2D eigenvalue weighted by Gasteiger charge is 2.22. The van der Waals surface area contributed by atoms with Crippen LogP contribution in [-0.2, 0) is 16.1 Å². The van der Waals surface area contributed by atoms with E-state index in [-0.39, 0.29) is 5.91 Å².